The number of aromatic nitrogens is 2. The van der Waals surface area contributed by atoms with E-state index < -0.39 is 22.0 Å². The van der Waals surface area contributed by atoms with Crippen LogP contribution in [-0.4, -0.2) is 33.2 Å². The standard InChI is InChI=1S/C17H19N3O6/c1-4-10(2)26-12-7-5-11(9-13(12)25-3)6-8-14-18-16(21)15(20(23)24)17(22)19-14/h5-10H,4H2,1-3H3,(H2,18,19,21,22)/b8-6+. The maximum Gasteiger partial charge on any atom is 0.395 e. The van der Waals surface area contributed by atoms with Crippen molar-refractivity contribution < 1.29 is 19.5 Å². The fourth-order valence-corrected chi connectivity index (χ4v) is 2.08. The summed E-state index contributed by atoms with van der Waals surface area (Å²) >= 11 is 0. The monoisotopic (exact) mass is 361 g/mol. The van der Waals surface area contributed by atoms with Gasteiger partial charge in [0.25, 0.3) is 5.88 Å². The first-order valence-corrected chi connectivity index (χ1v) is 7.86. The summed E-state index contributed by atoms with van der Waals surface area (Å²) in [5, 5.41) is 20.2. The first kappa shape index (κ1) is 19.0. The highest BCUT2D eigenvalue weighted by Crippen LogP contribution is 2.30. The number of nitro groups is 1. The zero-order chi connectivity index (χ0) is 19.3. The summed E-state index contributed by atoms with van der Waals surface area (Å²) in [6, 6.07) is 5.27. The average molecular weight is 361 g/mol. The first-order valence-electron chi connectivity index (χ1n) is 7.86. The van der Waals surface area contributed by atoms with E-state index in [0.717, 1.165) is 12.0 Å². The fourth-order valence-electron chi connectivity index (χ4n) is 2.08. The van der Waals surface area contributed by atoms with E-state index in [9.17, 15) is 20.0 Å². The minimum Gasteiger partial charge on any atom is -0.493 e. The first-order chi connectivity index (χ1) is 12.3. The zero-order valence-electron chi connectivity index (χ0n) is 14.6. The van der Waals surface area contributed by atoms with Crippen molar-refractivity contribution in [3.63, 3.8) is 0 Å². The minimum atomic E-state index is -1.03. The largest absolute Gasteiger partial charge is 0.493 e. The van der Waals surface area contributed by atoms with Crippen molar-refractivity contribution in [2.75, 3.05) is 7.11 Å². The van der Waals surface area contributed by atoms with Crippen LogP contribution in [-0.2, 0) is 0 Å². The van der Waals surface area contributed by atoms with E-state index >= 15 is 0 Å². The lowest BCUT2D eigenvalue weighted by molar-refractivity contribution is -0.387. The molecule has 0 saturated heterocycles. The second kappa shape index (κ2) is 8.15. The van der Waals surface area contributed by atoms with Gasteiger partial charge in [0.1, 0.15) is 5.82 Å². The molecule has 0 aliphatic rings. The van der Waals surface area contributed by atoms with E-state index in [4.69, 9.17) is 9.47 Å². The Hall–Kier alpha value is -3.36. The quantitative estimate of drug-likeness (QED) is 0.573. The Balaban J connectivity index is 2.28. The molecule has 0 spiro atoms. The highest BCUT2D eigenvalue weighted by Gasteiger charge is 2.21. The molecule has 2 aromatic rings. The highest BCUT2D eigenvalue weighted by molar-refractivity contribution is 5.68. The van der Waals surface area contributed by atoms with Crippen LogP contribution in [0.15, 0.2) is 23.0 Å². The predicted molar refractivity (Wildman–Crippen MR) is 95.5 cm³/mol. The Labute approximate surface area is 149 Å². The van der Waals surface area contributed by atoms with Gasteiger partial charge in [-0.2, -0.15) is 4.98 Å². The van der Waals surface area contributed by atoms with Gasteiger partial charge in [0, 0.05) is 0 Å². The van der Waals surface area contributed by atoms with Crippen LogP contribution < -0.4 is 15.0 Å². The van der Waals surface area contributed by atoms with Crippen LogP contribution in [0, 0.1) is 10.1 Å². The van der Waals surface area contributed by atoms with E-state index in [-0.39, 0.29) is 11.9 Å². The number of rotatable bonds is 7. The molecular formula is C17H19N3O6. The van der Waals surface area contributed by atoms with E-state index in [1.54, 1.807) is 24.3 Å². The molecule has 9 heteroatoms. The smallest absolute Gasteiger partial charge is 0.395 e. The van der Waals surface area contributed by atoms with Gasteiger partial charge in [-0.05, 0) is 37.1 Å². The summed E-state index contributed by atoms with van der Waals surface area (Å²) in [4.78, 5) is 27.1. The van der Waals surface area contributed by atoms with Crippen molar-refractivity contribution >= 4 is 17.8 Å². The number of H-pyrrole nitrogens is 1. The average Bonchev–Trinajstić information content (AvgIpc) is 2.59. The van der Waals surface area contributed by atoms with Crippen molar-refractivity contribution in [2.45, 2.75) is 26.4 Å². The molecule has 0 bridgehead atoms. The van der Waals surface area contributed by atoms with Crippen molar-refractivity contribution in [1.82, 2.24) is 9.97 Å². The van der Waals surface area contributed by atoms with Crippen LogP contribution in [0.1, 0.15) is 31.7 Å². The van der Waals surface area contributed by atoms with Gasteiger partial charge in [-0.15, -0.1) is 0 Å². The third-order valence-electron chi connectivity index (χ3n) is 3.60. The van der Waals surface area contributed by atoms with Crippen LogP contribution in [0.5, 0.6) is 17.4 Å². The number of hydrogen-bond acceptors (Lipinski definition) is 7. The van der Waals surface area contributed by atoms with E-state index in [0.29, 0.717) is 11.5 Å². The summed E-state index contributed by atoms with van der Waals surface area (Å²) in [7, 11) is 1.53. The lowest BCUT2D eigenvalue weighted by Crippen LogP contribution is -2.14. The van der Waals surface area contributed by atoms with Gasteiger partial charge in [-0.25, -0.2) is 0 Å². The molecule has 0 amide bonds. The summed E-state index contributed by atoms with van der Waals surface area (Å²) in [5.74, 6) is 0.198. The van der Waals surface area contributed by atoms with Crippen molar-refractivity contribution in [3.05, 3.63) is 50.1 Å². The van der Waals surface area contributed by atoms with Gasteiger partial charge < -0.3 is 19.6 Å². The Morgan fingerprint density at radius 1 is 1.38 bits per heavy atom. The predicted octanol–water partition coefficient (Wildman–Crippen LogP) is 2.74. The molecule has 9 nitrogen and oxygen atoms in total. The van der Waals surface area contributed by atoms with Crippen LogP contribution in [0.4, 0.5) is 5.69 Å². The number of ether oxygens (including phenoxy) is 2. The third kappa shape index (κ3) is 4.38. The number of aromatic amines is 1. The normalized spacial score (nSPS) is 12.1. The van der Waals surface area contributed by atoms with Crippen molar-refractivity contribution in [3.8, 4) is 17.4 Å². The van der Waals surface area contributed by atoms with Gasteiger partial charge in [-0.1, -0.05) is 19.1 Å². The molecule has 1 aromatic carbocycles. The molecular weight excluding hydrogens is 342 g/mol. The highest BCUT2D eigenvalue weighted by atomic mass is 16.6. The molecule has 1 aromatic heterocycles. The van der Waals surface area contributed by atoms with Gasteiger partial charge >= 0.3 is 11.2 Å². The van der Waals surface area contributed by atoms with Crippen molar-refractivity contribution in [1.29, 1.82) is 0 Å². The SMILES string of the molecule is CCC(C)Oc1ccc(/C=C/c2nc(O)c([N+](=O)[O-])c(=O)[nH]2)cc1OC. The Morgan fingerprint density at radius 2 is 2.12 bits per heavy atom. The molecule has 0 saturated carbocycles. The maximum atomic E-state index is 11.6. The molecule has 0 radical (unpaired) electrons. The number of methoxy groups -OCH3 is 1. The summed E-state index contributed by atoms with van der Waals surface area (Å²) < 4.78 is 11.1. The molecule has 26 heavy (non-hydrogen) atoms. The van der Waals surface area contributed by atoms with Gasteiger partial charge in [0.2, 0.25) is 0 Å². The molecule has 0 fully saturated rings. The molecule has 2 N–H and O–H groups in total. The number of benzene rings is 1. The summed E-state index contributed by atoms with van der Waals surface area (Å²) in [5.41, 5.74) is -1.30. The molecule has 1 unspecified atom stereocenters. The Morgan fingerprint density at radius 3 is 2.69 bits per heavy atom. The second-order valence-corrected chi connectivity index (χ2v) is 5.46. The third-order valence-corrected chi connectivity index (χ3v) is 3.60. The fraction of sp³-hybridized carbons (Fsp3) is 0.294. The minimum absolute atomic E-state index is 0.0167. The Kier molecular flexibility index (Phi) is 5.94. The van der Waals surface area contributed by atoms with Crippen LogP contribution in [0.3, 0.4) is 0 Å². The van der Waals surface area contributed by atoms with Crippen LogP contribution >= 0.6 is 0 Å². The zero-order valence-corrected chi connectivity index (χ0v) is 14.6. The molecule has 2 rings (SSSR count). The maximum absolute atomic E-state index is 11.6. The van der Waals surface area contributed by atoms with E-state index in [2.05, 4.69) is 9.97 Å². The van der Waals surface area contributed by atoms with Gasteiger partial charge in [0.05, 0.1) is 18.1 Å². The number of nitrogens with one attached hydrogen (secondary N) is 1. The number of hydrogen-bond donors (Lipinski definition) is 2. The van der Waals surface area contributed by atoms with Crippen LogP contribution in [0.25, 0.3) is 12.2 Å². The Bertz CT molecular complexity index is 891. The molecule has 138 valence electrons. The molecule has 0 aliphatic heterocycles. The lowest BCUT2D eigenvalue weighted by Gasteiger charge is -2.15. The van der Waals surface area contributed by atoms with Crippen LogP contribution in [0.2, 0.25) is 0 Å². The number of nitrogens with zero attached hydrogens (tertiary/aromatic N) is 2. The topological polar surface area (TPSA) is 128 Å². The summed E-state index contributed by atoms with van der Waals surface area (Å²) in [6.45, 7) is 3.97. The second-order valence-electron chi connectivity index (χ2n) is 5.46. The van der Waals surface area contributed by atoms with Gasteiger partial charge in [0.15, 0.2) is 11.5 Å². The molecule has 0 aliphatic carbocycles. The van der Waals surface area contributed by atoms with E-state index in [1.165, 1.54) is 13.2 Å². The molecule has 1 atom stereocenters. The van der Waals surface area contributed by atoms with E-state index in [1.807, 2.05) is 13.8 Å². The lowest BCUT2D eigenvalue weighted by atomic mass is 10.2. The summed E-state index contributed by atoms with van der Waals surface area (Å²) in [6.07, 6.45) is 3.92. The van der Waals surface area contributed by atoms with Crippen molar-refractivity contribution in [2.24, 2.45) is 0 Å². The van der Waals surface area contributed by atoms with Gasteiger partial charge in [-0.3, -0.25) is 14.9 Å². The number of aromatic hydroxyl groups is 1. The molecule has 1 heterocycles.